The highest BCUT2D eigenvalue weighted by Gasteiger charge is 2.22. The van der Waals surface area contributed by atoms with E-state index in [1.165, 1.54) is 6.07 Å². The number of aryl methyl sites for hydroxylation is 1. The molecule has 0 aromatic heterocycles. The highest BCUT2D eigenvalue weighted by molar-refractivity contribution is 5.79. The van der Waals surface area contributed by atoms with Crippen LogP contribution in [0.25, 0.3) is 0 Å². The first-order chi connectivity index (χ1) is 9.23. The van der Waals surface area contributed by atoms with E-state index in [1.807, 2.05) is 0 Å². The molecule has 1 aromatic carbocycles. The van der Waals surface area contributed by atoms with E-state index >= 15 is 0 Å². The van der Waals surface area contributed by atoms with Crippen LogP contribution in [0.3, 0.4) is 0 Å². The van der Waals surface area contributed by atoms with Gasteiger partial charge in [0, 0.05) is 24.4 Å². The molecular weight excluding hydrogens is 260 g/mol. The van der Waals surface area contributed by atoms with Crippen LogP contribution < -0.4 is 4.90 Å². The molecule has 110 valence electrons. The summed E-state index contributed by atoms with van der Waals surface area (Å²) in [6.07, 6.45) is -0.169. The first kappa shape index (κ1) is 15.9. The summed E-state index contributed by atoms with van der Waals surface area (Å²) >= 11 is 0. The van der Waals surface area contributed by atoms with Crippen molar-refractivity contribution in [1.82, 2.24) is 0 Å². The summed E-state index contributed by atoms with van der Waals surface area (Å²) in [5.41, 5.74) is 1.37. The van der Waals surface area contributed by atoms with Crippen molar-refractivity contribution in [1.29, 1.82) is 0 Å². The molecule has 0 aliphatic rings. The number of esters is 1. The van der Waals surface area contributed by atoms with Crippen molar-refractivity contribution in [2.24, 2.45) is 0 Å². The second-order valence-electron chi connectivity index (χ2n) is 5.00. The van der Waals surface area contributed by atoms with Gasteiger partial charge in [0.2, 0.25) is 0 Å². The number of hydrogen-bond donors (Lipinski definition) is 0. The molecule has 1 rings (SSSR count). The van der Waals surface area contributed by atoms with Gasteiger partial charge in [-0.1, -0.05) is 0 Å². The summed E-state index contributed by atoms with van der Waals surface area (Å²) in [5.74, 6) is -0.321. The number of likely N-dealkylation sites (N-methyl/N-ethyl adjacent to an activating group) is 1. The Balaban J connectivity index is 2.92. The van der Waals surface area contributed by atoms with Crippen LogP contribution in [0.1, 0.15) is 26.3 Å². The van der Waals surface area contributed by atoms with Crippen LogP contribution >= 0.6 is 0 Å². The molecule has 0 aliphatic carbocycles. The smallest absolute Gasteiger partial charge is 0.328 e. The van der Waals surface area contributed by atoms with Crippen molar-refractivity contribution in [3.8, 4) is 0 Å². The van der Waals surface area contributed by atoms with Crippen LogP contribution in [0.4, 0.5) is 11.4 Å². The molecule has 0 fully saturated rings. The van der Waals surface area contributed by atoms with Gasteiger partial charge >= 0.3 is 5.97 Å². The second kappa shape index (κ2) is 6.36. The van der Waals surface area contributed by atoms with Crippen molar-refractivity contribution in [2.45, 2.75) is 39.8 Å². The number of nitro groups is 1. The topological polar surface area (TPSA) is 72.7 Å². The van der Waals surface area contributed by atoms with E-state index in [-0.39, 0.29) is 17.8 Å². The SMILES string of the molecule is Cc1cc(N(C)C(C)C(=O)OC(C)C)ccc1[N+](=O)[O-]. The Labute approximate surface area is 118 Å². The molecule has 20 heavy (non-hydrogen) atoms. The number of rotatable bonds is 5. The van der Waals surface area contributed by atoms with Crippen LogP contribution in [0.5, 0.6) is 0 Å². The first-order valence-electron chi connectivity index (χ1n) is 6.42. The van der Waals surface area contributed by atoms with Crippen LogP contribution in [0.2, 0.25) is 0 Å². The molecule has 1 unspecified atom stereocenters. The number of nitro benzene ring substituents is 1. The Morgan fingerprint density at radius 3 is 2.40 bits per heavy atom. The first-order valence-corrected chi connectivity index (χ1v) is 6.42. The molecule has 0 N–H and O–H groups in total. The predicted molar refractivity (Wildman–Crippen MR) is 76.9 cm³/mol. The van der Waals surface area contributed by atoms with Gasteiger partial charge in [0.05, 0.1) is 11.0 Å². The molecular formula is C14H20N2O4. The van der Waals surface area contributed by atoms with Gasteiger partial charge in [0.15, 0.2) is 0 Å². The molecule has 0 heterocycles. The second-order valence-corrected chi connectivity index (χ2v) is 5.00. The largest absolute Gasteiger partial charge is 0.461 e. The normalized spacial score (nSPS) is 12.1. The minimum absolute atomic E-state index is 0.0690. The third kappa shape index (κ3) is 3.69. The molecule has 0 aliphatic heterocycles. The third-order valence-electron chi connectivity index (χ3n) is 3.06. The lowest BCUT2D eigenvalue weighted by atomic mass is 10.1. The number of hydrogen-bond acceptors (Lipinski definition) is 5. The quantitative estimate of drug-likeness (QED) is 0.471. The average molecular weight is 280 g/mol. The average Bonchev–Trinajstić information content (AvgIpc) is 2.35. The van der Waals surface area contributed by atoms with Crippen molar-refractivity contribution in [2.75, 3.05) is 11.9 Å². The van der Waals surface area contributed by atoms with Crippen LogP contribution in [-0.2, 0) is 9.53 Å². The number of anilines is 1. The van der Waals surface area contributed by atoms with Crippen molar-refractivity contribution >= 4 is 17.3 Å². The lowest BCUT2D eigenvalue weighted by Crippen LogP contribution is -2.38. The van der Waals surface area contributed by atoms with E-state index < -0.39 is 11.0 Å². The lowest BCUT2D eigenvalue weighted by molar-refractivity contribution is -0.385. The maximum absolute atomic E-state index is 11.9. The van der Waals surface area contributed by atoms with E-state index in [9.17, 15) is 14.9 Å². The Morgan fingerprint density at radius 1 is 1.35 bits per heavy atom. The maximum atomic E-state index is 11.9. The van der Waals surface area contributed by atoms with Crippen molar-refractivity contribution in [3.05, 3.63) is 33.9 Å². The molecule has 0 radical (unpaired) electrons. The van der Waals surface area contributed by atoms with Gasteiger partial charge in [-0.05, 0) is 39.8 Å². The van der Waals surface area contributed by atoms with Gasteiger partial charge in [0.25, 0.3) is 5.69 Å². The maximum Gasteiger partial charge on any atom is 0.328 e. The van der Waals surface area contributed by atoms with Crippen LogP contribution in [0.15, 0.2) is 18.2 Å². The number of benzene rings is 1. The fourth-order valence-electron chi connectivity index (χ4n) is 1.78. The summed E-state index contributed by atoms with van der Waals surface area (Å²) in [7, 11) is 1.76. The highest BCUT2D eigenvalue weighted by Crippen LogP contribution is 2.24. The van der Waals surface area contributed by atoms with Gasteiger partial charge in [-0.25, -0.2) is 4.79 Å². The van der Waals surface area contributed by atoms with Crippen LogP contribution in [-0.4, -0.2) is 30.1 Å². The van der Waals surface area contributed by atoms with E-state index in [0.29, 0.717) is 5.56 Å². The van der Waals surface area contributed by atoms with Gasteiger partial charge in [-0.15, -0.1) is 0 Å². The summed E-state index contributed by atoms with van der Waals surface area (Å²) in [4.78, 5) is 24.0. The van der Waals surface area contributed by atoms with Gasteiger partial charge < -0.3 is 9.64 Å². The monoisotopic (exact) mass is 280 g/mol. The molecule has 0 saturated carbocycles. The zero-order chi connectivity index (χ0) is 15.4. The summed E-state index contributed by atoms with van der Waals surface area (Å²) in [6, 6.07) is 4.31. The zero-order valence-electron chi connectivity index (χ0n) is 12.4. The van der Waals surface area contributed by atoms with Gasteiger partial charge in [0.1, 0.15) is 6.04 Å². The standard InChI is InChI=1S/C14H20N2O4/c1-9(2)20-14(17)11(4)15(5)12-6-7-13(16(18)19)10(3)8-12/h6-9,11H,1-5H3. The molecule has 1 atom stereocenters. The van der Waals surface area contributed by atoms with E-state index in [4.69, 9.17) is 4.74 Å². The minimum atomic E-state index is -0.460. The fourth-order valence-corrected chi connectivity index (χ4v) is 1.78. The Bertz CT molecular complexity index is 514. The van der Waals surface area contributed by atoms with Crippen molar-refractivity contribution in [3.63, 3.8) is 0 Å². The number of ether oxygens (including phenoxy) is 1. The fraction of sp³-hybridized carbons (Fsp3) is 0.500. The molecule has 0 amide bonds. The van der Waals surface area contributed by atoms with Crippen molar-refractivity contribution < 1.29 is 14.5 Å². The molecule has 0 spiro atoms. The Morgan fingerprint density at radius 2 is 1.95 bits per heavy atom. The lowest BCUT2D eigenvalue weighted by Gasteiger charge is -2.26. The predicted octanol–water partition coefficient (Wildman–Crippen LogP) is 2.68. The summed E-state index contributed by atoms with van der Waals surface area (Å²) in [5, 5.41) is 10.8. The highest BCUT2D eigenvalue weighted by atomic mass is 16.6. The van der Waals surface area contributed by atoms with E-state index in [1.54, 1.807) is 51.8 Å². The van der Waals surface area contributed by atoms with Gasteiger partial charge in [-0.3, -0.25) is 10.1 Å². The molecule has 6 nitrogen and oxygen atoms in total. The summed E-state index contributed by atoms with van der Waals surface area (Å²) in [6.45, 7) is 7.00. The number of carbonyl (C=O) groups excluding carboxylic acids is 1. The Kier molecular flexibility index (Phi) is 5.07. The number of carbonyl (C=O) groups is 1. The minimum Gasteiger partial charge on any atom is -0.461 e. The molecule has 0 bridgehead atoms. The van der Waals surface area contributed by atoms with E-state index in [2.05, 4.69) is 0 Å². The third-order valence-corrected chi connectivity index (χ3v) is 3.06. The molecule has 1 aromatic rings. The van der Waals surface area contributed by atoms with Crippen LogP contribution in [0, 0.1) is 17.0 Å². The van der Waals surface area contributed by atoms with E-state index in [0.717, 1.165) is 5.69 Å². The number of nitrogens with zero attached hydrogens (tertiary/aromatic N) is 2. The molecule has 6 heteroatoms. The Hall–Kier alpha value is -2.11. The van der Waals surface area contributed by atoms with Gasteiger partial charge in [-0.2, -0.15) is 0 Å². The summed E-state index contributed by atoms with van der Waals surface area (Å²) < 4.78 is 5.16. The zero-order valence-corrected chi connectivity index (χ0v) is 12.4. The molecule has 0 saturated heterocycles.